The maximum atomic E-state index is 13.6. The molecule has 10 atom stereocenters. The molecular weight excluding hydrogens is 787 g/mol. The number of amides is 1. The second-order valence-electron chi connectivity index (χ2n) is 17.7. The third-order valence-corrected chi connectivity index (χ3v) is 12.1. The van der Waals surface area contributed by atoms with Gasteiger partial charge in [-0.1, -0.05) is 174 Å². The predicted octanol–water partition coefficient (Wildman–Crippen LogP) is 5.42. The third kappa shape index (κ3) is 27.2. The van der Waals surface area contributed by atoms with E-state index < -0.39 is 81.0 Å². The summed E-state index contributed by atoms with van der Waals surface area (Å²) in [6.45, 7) is 2.57. The number of nitrogens with zero attached hydrogens (tertiary/aromatic N) is 1. The van der Waals surface area contributed by atoms with Crippen LogP contribution < -0.4 is 0 Å². The van der Waals surface area contributed by atoms with Crippen molar-refractivity contribution in [2.24, 2.45) is 0 Å². The van der Waals surface area contributed by atoms with Crippen molar-refractivity contribution in [2.75, 3.05) is 39.5 Å². The number of ether oxygens (including phenoxy) is 3. The molecular formula is C47H93NO13. The summed E-state index contributed by atoms with van der Waals surface area (Å²) in [5.41, 5.74) is 0. The number of carbonyl (C=O) groups is 1. The molecule has 1 unspecified atom stereocenters. The largest absolute Gasteiger partial charge is 0.394 e. The zero-order chi connectivity index (χ0) is 45.1. The van der Waals surface area contributed by atoms with E-state index in [1.807, 2.05) is 0 Å². The molecule has 61 heavy (non-hydrogen) atoms. The fourth-order valence-electron chi connectivity index (χ4n) is 8.05. The number of hydrogen-bond donors (Lipinski definition) is 9. The highest BCUT2D eigenvalue weighted by atomic mass is 16.7. The minimum atomic E-state index is -1.95. The average Bonchev–Trinajstić information content (AvgIpc) is 3.25. The summed E-state index contributed by atoms with van der Waals surface area (Å²) in [5.74, 6) is -0.350. The molecule has 1 saturated heterocycles. The Morgan fingerprint density at radius 2 is 1.02 bits per heavy atom. The number of aliphatic hydroxyl groups excluding tert-OH is 9. The van der Waals surface area contributed by atoms with Crippen LogP contribution >= 0.6 is 0 Å². The topological polar surface area (TPSA) is 230 Å². The maximum absolute atomic E-state index is 13.6. The SMILES string of the molecule is CCCCCCCCCCCCCCCCOCC(O)CN(C[C@H](O)[C@@H](O[C@H]1O[C@H](CO)[C@@H](O)[C@H](O)[C@H]1O)[C@H](O)[C@H](O)CO)C(=O)CCCCCCCCCCCCCCC. The van der Waals surface area contributed by atoms with Crippen molar-refractivity contribution in [2.45, 2.75) is 255 Å². The average molecular weight is 880 g/mol. The van der Waals surface area contributed by atoms with E-state index in [4.69, 9.17) is 14.2 Å². The van der Waals surface area contributed by atoms with Crippen LogP contribution in [0, 0.1) is 0 Å². The van der Waals surface area contributed by atoms with Crippen LogP contribution in [-0.4, -0.2) is 158 Å². The lowest BCUT2D eigenvalue weighted by atomic mass is 9.98. The molecule has 1 amide bonds. The Bertz CT molecular complexity index is 996. The number of unbranched alkanes of at least 4 members (excludes halogenated alkanes) is 25. The van der Waals surface area contributed by atoms with Crippen molar-refractivity contribution in [3.8, 4) is 0 Å². The van der Waals surface area contributed by atoms with Gasteiger partial charge in [0, 0.05) is 26.1 Å². The molecule has 1 rings (SSSR count). The Morgan fingerprint density at radius 1 is 0.574 bits per heavy atom. The Kier molecular flexibility index (Phi) is 36.4. The summed E-state index contributed by atoms with van der Waals surface area (Å²) in [4.78, 5) is 14.9. The first-order valence-electron chi connectivity index (χ1n) is 24.7. The summed E-state index contributed by atoms with van der Waals surface area (Å²) in [6.07, 6.45) is 15.6. The van der Waals surface area contributed by atoms with Crippen molar-refractivity contribution >= 4 is 5.91 Å². The third-order valence-electron chi connectivity index (χ3n) is 12.1. The standard InChI is InChI=1S/C47H93NO13/c1-3-5-7-9-11-13-15-17-19-21-23-25-27-29-31-59-36-37(51)32-48(41(54)30-28-26-24-22-20-18-16-14-12-10-8-6-4-2)33-38(52)46(42(55)39(53)34-49)61-47-45(58)44(57)43(56)40(35-50)60-47/h37-40,42-47,49-53,55-58H,3-36H2,1-2H3/t37?,38-,39+,40+,42+,43+,44-,45+,46+,47+/m0/s1. The van der Waals surface area contributed by atoms with Gasteiger partial charge in [-0.2, -0.15) is 0 Å². The van der Waals surface area contributed by atoms with Crippen LogP contribution in [0.2, 0.25) is 0 Å². The molecule has 0 saturated carbocycles. The van der Waals surface area contributed by atoms with Gasteiger partial charge in [-0.15, -0.1) is 0 Å². The molecule has 1 fully saturated rings. The smallest absolute Gasteiger partial charge is 0.222 e. The highest BCUT2D eigenvalue weighted by molar-refractivity contribution is 5.76. The minimum Gasteiger partial charge on any atom is -0.394 e. The van der Waals surface area contributed by atoms with E-state index in [0.717, 1.165) is 44.9 Å². The second-order valence-corrected chi connectivity index (χ2v) is 17.7. The highest BCUT2D eigenvalue weighted by Crippen LogP contribution is 2.26. The Morgan fingerprint density at radius 3 is 1.46 bits per heavy atom. The Labute approximate surface area is 369 Å². The van der Waals surface area contributed by atoms with Gasteiger partial charge >= 0.3 is 0 Å². The summed E-state index contributed by atoms with van der Waals surface area (Å²) in [5, 5.41) is 93.9. The van der Waals surface area contributed by atoms with Crippen molar-refractivity contribution in [1.29, 1.82) is 0 Å². The monoisotopic (exact) mass is 880 g/mol. The first-order valence-corrected chi connectivity index (χ1v) is 24.7. The Balaban J connectivity index is 2.71. The molecule has 0 aromatic heterocycles. The molecule has 14 nitrogen and oxygen atoms in total. The van der Waals surface area contributed by atoms with Gasteiger partial charge in [0.2, 0.25) is 5.91 Å². The van der Waals surface area contributed by atoms with Gasteiger partial charge in [0.05, 0.1) is 25.9 Å². The van der Waals surface area contributed by atoms with E-state index >= 15 is 0 Å². The molecule has 1 aliphatic heterocycles. The molecule has 0 aliphatic carbocycles. The zero-order valence-electron chi connectivity index (χ0n) is 38.4. The Hall–Kier alpha value is -1.01. The maximum Gasteiger partial charge on any atom is 0.222 e. The molecule has 364 valence electrons. The van der Waals surface area contributed by atoms with Gasteiger partial charge in [-0.3, -0.25) is 4.79 Å². The normalized spacial score (nSPS) is 21.9. The molecule has 1 heterocycles. The van der Waals surface area contributed by atoms with Gasteiger partial charge in [0.15, 0.2) is 6.29 Å². The van der Waals surface area contributed by atoms with Gasteiger partial charge in [0.25, 0.3) is 0 Å². The van der Waals surface area contributed by atoms with E-state index in [0.29, 0.717) is 13.0 Å². The van der Waals surface area contributed by atoms with Crippen LogP contribution in [0.5, 0.6) is 0 Å². The lowest BCUT2D eigenvalue weighted by Crippen LogP contribution is -2.62. The lowest BCUT2D eigenvalue weighted by Gasteiger charge is -2.42. The van der Waals surface area contributed by atoms with Crippen molar-refractivity contribution in [3.63, 3.8) is 0 Å². The predicted molar refractivity (Wildman–Crippen MR) is 238 cm³/mol. The first-order chi connectivity index (χ1) is 29.5. The molecule has 0 aromatic carbocycles. The van der Waals surface area contributed by atoms with Gasteiger partial charge in [-0.05, 0) is 12.8 Å². The van der Waals surface area contributed by atoms with Gasteiger partial charge in [0.1, 0.15) is 48.8 Å². The summed E-state index contributed by atoms with van der Waals surface area (Å²) in [7, 11) is 0. The molecule has 0 bridgehead atoms. The first kappa shape index (κ1) is 58.0. The number of carbonyl (C=O) groups excluding carboxylic acids is 1. The fourth-order valence-corrected chi connectivity index (χ4v) is 8.05. The van der Waals surface area contributed by atoms with Crippen LogP contribution in [0.3, 0.4) is 0 Å². The molecule has 0 aromatic rings. The summed E-state index contributed by atoms with van der Waals surface area (Å²) in [6, 6.07) is 0. The van der Waals surface area contributed by atoms with Gasteiger partial charge in [-0.25, -0.2) is 0 Å². The van der Waals surface area contributed by atoms with E-state index in [9.17, 15) is 50.8 Å². The van der Waals surface area contributed by atoms with E-state index in [-0.39, 0.29) is 25.5 Å². The van der Waals surface area contributed by atoms with E-state index in [2.05, 4.69) is 13.8 Å². The van der Waals surface area contributed by atoms with Crippen LogP contribution in [0.15, 0.2) is 0 Å². The summed E-state index contributed by atoms with van der Waals surface area (Å²) < 4.78 is 16.9. The molecule has 1 aliphatic rings. The number of hydrogen-bond acceptors (Lipinski definition) is 13. The van der Waals surface area contributed by atoms with E-state index in [1.54, 1.807) is 0 Å². The van der Waals surface area contributed by atoms with Gasteiger partial charge < -0.3 is 65.1 Å². The highest BCUT2D eigenvalue weighted by Gasteiger charge is 2.47. The van der Waals surface area contributed by atoms with Crippen LogP contribution in [0.1, 0.15) is 194 Å². The van der Waals surface area contributed by atoms with E-state index in [1.165, 1.54) is 127 Å². The molecule has 14 heteroatoms. The quantitative estimate of drug-likeness (QED) is 0.0350. The number of rotatable bonds is 42. The molecule has 0 spiro atoms. The van der Waals surface area contributed by atoms with Crippen LogP contribution in [0.25, 0.3) is 0 Å². The van der Waals surface area contributed by atoms with Crippen molar-refractivity contribution in [3.05, 3.63) is 0 Å². The second kappa shape index (κ2) is 38.3. The van der Waals surface area contributed by atoms with Crippen molar-refractivity contribution < 1.29 is 65.0 Å². The fraction of sp³-hybridized carbons (Fsp3) is 0.979. The minimum absolute atomic E-state index is 0.0340. The summed E-state index contributed by atoms with van der Waals surface area (Å²) >= 11 is 0. The number of aliphatic hydroxyl groups is 9. The van der Waals surface area contributed by atoms with Crippen LogP contribution in [0.4, 0.5) is 0 Å². The lowest BCUT2D eigenvalue weighted by molar-refractivity contribution is -0.326. The van der Waals surface area contributed by atoms with Crippen molar-refractivity contribution in [1.82, 2.24) is 4.90 Å². The van der Waals surface area contributed by atoms with Crippen LogP contribution in [-0.2, 0) is 19.0 Å². The molecule has 9 N–H and O–H groups in total. The zero-order valence-corrected chi connectivity index (χ0v) is 38.4. The molecule has 0 radical (unpaired) electrons.